The Labute approximate surface area is 99.4 Å². The van der Waals surface area contributed by atoms with E-state index in [-0.39, 0.29) is 12.1 Å². The molecule has 0 radical (unpaired) electrons. The molecule has 3 rings (SSSR count). The summed E-state index contributed by atoms with van der Waals surface area (Å²) in [7, 11) is 0. The van der Waals surface area contributed by atoms with Crippen LogP contribution in [0, 0.1) is 0 Å². The Bertz CT molecular complexity index is 565. The summed E-state index contributed by atoms with van der Waals surface area (Å²) in [5, 5.41) is 5.25. The molecule has 0 bridgehead atoms. The summed E-state index contributed by atoms with van der Waals surface area (Å²) >= 11 is 0. The van der Waals surface area contributed by atoms with Crippen LogP contribution in [0.1, 0.15) is 18.0 Å². The molecule has 1 saturated heterocycles. The number of nitrogens with one attached hydrogen (secondary N) is 1. The summed E-state index contributed by atoms with van der Waals surface area (Å²) in [5.74, 6) is 0. The maximum atomic E-state index is 11.2. The van der Waals surface area contributed by atoms with Gasteiger partial charge in [0.25, 0.3) is 0 Å². The van der Waals surface area contributed by atoms with E-state index >= 15 is 0 Å². The molecule has 1 aliphatic rings. The van der Waals surface area contributed by atoms with Crippen LogP contribution in [-0.4, -0.2) is 12.7 Å². The van der Waals surface area contributed by atoms with E-state index in [9.17, 15) is 4.79 Å². The molecule has 0 unspecified atom stereocenters. The molecule has 0 aliphatic carbocycles. The zero-order valence-electron chi connectivity index (χ0n) is 9.35. The first-order valence-electron chi connectivity index (χ1n) is 5.75. The Balaban J connectivity index is 1.97. The van der Waals surface area contributed by atoms with Gasteiger partial charge in [-0.25, -0.2) is 4.79 Å². The van der Waals surface area contributed by atoms with Crippen molar-refractivity contribution in [1.82, 2.24) is 5.32 Å². The Hall–Kier alpha value is -2.03. The van der Waals surface area contributed by atoms with Crippen molar-refractivity contribution in [3.8, 4) is 0 Å². The van der Waals surface area contributed by atoms with Gasteiger partial charge < -0.3 is 10.1 Å². The summed E-state index contributed by atoms with van der Waals surface area (Å²) in [6.07, 6.45) is 0.499. The maximum Gasteiger partial charge on any atom is 0.407 e. The van der Waals surface area contributed by atoms with Crippen molar-refractivity contribution in [1.29, 1.82) is 0 Å². The molecule has 1 fully saturated rings. The monoisotopic (exact) mass is 227 g/mol. The summed E-state index contributed by atoms with van der Waals surface area (Å²) in [5.41, 5.74) is 1.14. The van der Waals surface area contributed by atoms with E-state index in [4.69, 9.17) is 4.74 Å². The third kappa shape index (κ3) is 1.96. The normalized spacial score (nSPS) is 19.8. The highest BCUT2D eigenvalue weighted by Crippen LogP contribution is 2.24. The zero-order valence-corrected chi connectivity index (χ0v) is 9.35. The molecule has 1 heterocycles. The summed E-state index contributed by atoms with van der Waals surface area (Å²) < 4.78 is 4.87. The predicted molar refractivity (Wildman–Crippen MR) is 65.8 cm³/mol. The van der Waals surface area contributed by atoms with E-state index in [1.54, 1.807) is 0 Å². The highest BCUT2D eigenvalue weighted by molar-refractivity contribution is 5.83. The van der Waals surface area contributed by atoms with Crippen molar-refractivity contribution in [3.63, 3.8) is 0 Å². The van der Waals surface area contributed by atoms with Crippen LogP contribution in [0.15, 0.2) is 42.5 Å². The van der Waals surface area contributed by atoms with Crippen LogP contribution in [-0.2, 0) is 4.74 Å². The molecule has 17 heavy (non-hydrogen) atoms. The number of amides is 1. The van der Waals surface area contributed by atoms with Crippen LogP contribution in [0.2, 0.25) is 0 Å². The van der Waals surface area contributed by atoms with E-state index < -0.39 is 0 Å². The molecule has 0 saturated carbocycles. The van der Waals surface area contributed by atoms with Crippen molar-refractivity contribution in [2.24, 2.45) is 0 Å². The molecular weight excluding hydrogens is 214 g/mol. The van der Waals surface area contributed by atoms with Gasteiger partial charge in [0, 0.05) is 6.42 Å². The molecule has 3 heteroatoms. The Kier molecular flexibility index (Phi) is 2.44. The lowest BCUT2D eigenvalue weighted by Gasteiger charge is -2.23. The second kappa shape index (κ2) is 4.09. The number of fused-ring (bicyclic) bond motifs is 1. The van der Waals surface area contributed by atoms with E-state index in [1.165, 1.54) is 10.8 Å². The number of hydrogen-bond acceptors (Lipinski definition) is 2. The van der Waals surface area contributed by atoms with Crippen LogP contribution < -0.4 is 5.32 Å². The van der Waals surface area contributed by atoms with Crippen LogP contribution in [0.5, 0.6) is 0 Å². The average Bonchev–Trinajstić information content (AvgIpc) is 2.38. The first-order valence-corrected chi connectivity index (χ1v) is 5.75. The molecule has 1 amide bonds. The third-order valence-electron chi connectivity index (χ3n) is 3.11. The van der Waals surface area contributed by atoms with Crippen molar-refractivity contribution in [2.75, 3.05) is 6.61 Å². The Morgan fingerprint density at radius 2 is 1.94 bits per heavy atom. The summed E-state index contributed by atoms with van der Waals surface area (Å²) in [6.45, 7) is 0.489. The van der Waals surface area contributed by atoms with Gasteiger partial charge >= 0.3 is 6.09 Å². The Morgan fingerprint density at radius 1 is 1.12 bits per heavy atom. The van der Waals surface area contributed by atoms with Crippen LogP contribution in [0.3, 0.4) is 0 Å². The molecular formula is C14H13NO2. The second-order valence-electron chi connectivity index (χ2n) is 4.23. The lowest BCUT2D eigenvalue weighted by molar-refractivity contribution is 0.115. The van der Waals surface area contributed by atoms with E-state index in [1.807, 2.05) is 12.1 Å². The number of cyclic esters (lactones) is 1. The summed E-state index contributed by atoms with van der Waals surface area (Å²) in [6, 6.07) is 14.6. The smallest absolute Gasteiger partial charge is 0.407 e. The number of rotatable bonds is 1. The number of carbonyl (C=O) groups is 1. The minimum atomic E-state index is -0.325. The fraction of sp³-hybridized carbons (Fsp3) is 0.214. The fourth-order valence-corrected chi connectivity index (χ4v) is 2.20. The number of ether oxygens (including phenoxy) is 1. The highest BCUT2D eigenvalue weighted by Gasteiger charge is 2.20. The van der Waals surface area contributed by atoms with Gasteiger partial charge in [0.2, 0.25) is 0 Å². The van der Waals surface area contributed by atoms with Gasteiger partial charge in [-0.3, -0.25) is 0 Å². The predicted octanol–water partition coefficient (Wildman–Crippen LogP) is 3.01. The lowest BCUT2D eigenvalue weighted by atomic mass is 9.99. The first-order chi connectivity index (χ1) is 8.33. The summed E-state index contributed by atoms with van der Waals surface area (Å²) in [4.78, 5) is 11.2. The SMILES string of the molecule is O=C1N[C@H](c2ccc3ccccc3c2)CCO1. The molecule has 2 aromatic rings. The van der Waals surface area contributed by atoms with Gasteiger partial charge in [-0.1, -0.05) is 36.4 Å². The molecule has 0 aromatic heterocycles. The molecule has 2 aromatic carbocycles. The molecule has 1 N–H and O–H groups in total. The largest absolute Gasteiger partial charge is 0.449 e. The minimum absolute atomic E-state index is 0.0702. The number of hydrogen-bond donors (Lipinski definition) is 1. The van der Waals surface area contributed by atoms with E-state index in [2.05, 4.69) is 35.6 Å². The topological polar surface area (TPSA) is 38.3 Å². The van der Waals surface area contributed by atoms with Crippen molar-refractivity contribution >= 4 is 16.9 Å². The molecule has 1 aliphatic heterocycles. The van der Waals surface area contributed by atoms with Crippen molar-refractivity contribution in [2.45, 2.75) is 12.5 Å². The lowest BCUT2D eigenvalue weighted by Crippen LogP contribution is -2.35. The first kappa shape index (κ1) is 10.1. The average molecular weight is 227 g/mol. The maximum absolute atomic E-state index is 11.2. The van der Waals surface area contributed by atoms with Gasteiger partial charge in [0.1, 0.15) is 0 Å². The third-order valence-corrected chi connectivity index (χ3v) is 3.11. The van der Waals surface area contributed by atoms with Crippen molar-refractivity contribution < 1.29 is 9.53 Å². The van der Waals surface area contributed by atoms with Crippen molar-refractivity contribution in [3.05, 3.63) is 48.0 Å². The van der Waals surface area contributed by atoms with Crippen LogP contribution in [0.4, 0.5) is 4.79 Å². The minimum Gasteiger partial charge on any atom is -0.449 e. The standard InChI is InChI=1S/C14H13NO2/c16-14-15-13(7-8-17-14)12-6-5-10-3-1-2-4-11(10)9-12/h1-6,9,13H,7-8H2,(H,15,16)/t13-/m0/s1. The molecule has 0 spiro atoms. The Morgan fingerprint density at radius 3 is 2.76 bits per heavy atom. The van der Waals surface area contributed by atoms with Gasteiger partial charge in [-0.2, -0.15) is 0 Å². The quantitative estimate of drug-likeness (QED) is 0.813. The molecule has 1 atom stereocenters. The molecule has 3 nitrogen and oxygen atoms in total. The van der Waals surface area contributed by atoms with Gasteiger partial charge in [0.15, 0.2) is 0 Å². The van der Waals surface area contributed by atoms with Gasteiger partial charge in [-0.05, 0) is 22.4 Å². The van der Waals surface area contributed by atoms with Gasteiger partial charge in [0.05, 0.1) is 12.6 Å². The zero-order chi connectivity index (χ0) is 11.7. The van der Waals surface area contributed by atoms with Gasteiger partial charge in [-0.15, -0.1) is 0 Å². The van der Waals surface area contributed by atoms with Crippen LogP contribution in [0.25, 0.3) is 10.8 Å². The van der Waals surface area contributed by atoms with Crippen LogP contribution >= 0.6 is 0 Å². The van der Waals surface area contributed by atoms with E-state index in [0.717, 1.165) is 12.0 Å². The van der Waals surface area contributed by atoms with E-state index in [0.29, 0.717) is 6.61 Å². The fourth-order valence-electron chi connectivity index (χ4n) is 2.20. The number of benzene rings is 2. The number of carbonyl (C=O) groups excluding carboxylic acids is 1. The molecule has 86 valence electrons. The number of alkyl carbamates (subject to hydrolysis) is 1. The second-order valence-corrected chi connectivity index (χ2v) is 4.23. The highest BCUT2D eigenvalue weighted by atomic mass is 16.5.